The second kappa shape index (κ2) is 5.77. The Kier molecular flexibility index (Phi) is 4.79. The van der Waals surface area contributed by atoms with Crippen LogP contribution in [0.2, 0.25) is 10.0 Å². The zero-order valence-electron chi connectivity index (χ0n) is 10.5. The van der Waals surface area contributed by atoms with Crippen LogP contribution in [0.5, 0.6) is 0 Å². The van der Waals surface area contributed by atoms with E-state index in [1.807, 2.05) is 0 Å². The van der Waals surface area contributed by atoms with Crippen molar-refractivity contribution in [2.45, 2.75) is 25.8 Å². The lowest BCUT2D eigenvalue weighted by Gasteiger charge is -2.18. The van der Waals surface area contributed by atoms with Crippen molar-refractivity contribution in [3.05, 3.63) is 27.7 Å². The van der Waals surface area contributed by atoms with Crippen LogP contribution in [0.3, 0.4) is 0 Å². The average Bonchev–Trinajstić information content (AvgIpc) is 2.20. The van der Waals surface area contributed by atoms with Gasteiger partial charge in [0, 0.05) is 12.0 Å². The van der Waals surface area contributed by atoms with Crippen molar-refractivity contribution < 1.29 is 14.7 Å². The van der Waals surface area contributed by atoms with Gasteiger partial charge in [0.05, 0.1) is 21.3 Å². The number of hydrogen-bond acceptors (Lipinski definition) is 3. The number of aromatic carboxylic acids is 1. The molecule has 0 fully saturated rings. The van der Waals surface area contributed by atoms with Gasteiger partial charge in [-0.3, -0.25) is 4.79 Å². The molecule has 0 bridgehead atoms. The standard InChI is InChI=1S/C12H14Cl2N2O3/c1-12(2,15)5-9(17)16-10-7(13)3-6(11(18)19)4-8(10)14/h3-4H,5,15H2,1-2H3,(H,16,17)(H,18,19). The third kappa shape index (κ3) is 4.70. The predicted octanol–water partition coefficient (Wildman–Crippen LogP) is 2.76. The molecular weight excluding hydrogens is 291 g/mol. The molecule has 0 saturated carbocycles. The molecule has 0 radical (unpaired) electrons. The van der Waals surface area contributed by atoms with Crippen LogP contribution >= 0.6 is 23.2 Å². The summed E-state index contributed by atoms with van der Waals surface area (Å²) >= 11 is 11.8. The molecule has 0 spiro atoms. The van der Waals surface area contributed by atoms with E-state index in [9.17, 15) is 9.59 Å². The molecule has 0 aliphatic rings. The first-order valence-corrected chi connectivity index (χ1v) is 6.17. The first-order chi connectivity index (χ1) is 8.60. The Labute approximate surface area is 120 Å². The lowest BCUT2D eigenvalue weighted by Crippen LogP contribution is -2.36. The number of anilines is 1. The third-order valence-corrected chi connectivity index (χ3v) is 2.77. The molecule has 0 heterocycles. The molecule has 0 aliphatic heterocycles. The van der Waals surface area contributed by atoms with Crippen LogP contribution in [-0.2, 0) is 4.79 Å². The number of nitrogens with one attached hydrogen (secondary N) is 1. The smallest absolute Gasteiger partial charge is 0.335 e. The van der Waals surface area contributed by atoms with E-state index in [4.69, 9.17) is 34.0 Å². The molecule has 5 nitrogen and oxygen atoms in total. The summed E-state index contributed by atoms with van der Waals surface area (Å²) in [7, 11) is 0. The van der Waals surface area contributed by atoms with E-state index in [1.165, 1.54) is 12.1 Å². The lowest BCUT2D eigenvalue weighted by molar-refractivity contribution is -0.117. The highest BCUT2D eigenvalue weighted by molar-refractivity contribution is 6.40. The normalized spacial score (nSPS) is 11.2. The Hall–Kier alpha value is -1.30. The minimum Gasteiger partial charge on any atom is -0.478 e. The highest BCUT2D eigenvalue weighted by Crippen LogP contribution is 2.32. The first-order valence-electron chi connectivity index (χ1n) is 5.41. The number of halogens is 2. The Bertz CT molecular complexity index is 501. The number of amides is 1. The molecule has 0 unspecified atom stereocenters. The molecule has 4 N–H and O–H groups in total. The van der Waals surface area contributed by atoms with Crippen molar-refractivity contribution in [1.82, 2.24) is 0 Å². The summed E-state index contributed by atoms with van der Waals surface area (Å²) in [5.74, 6) is -1.50. The minimum absolute atomic E-state index is 0.0489. The molecular formula is C12H14Cl2N2O3. The van der Waals surface area contributed by atoms with Crippen molar-refractivity contribution in [3.63, 3.8) is 0 Å². The van der Waals surface area contributed by atoms with Gasteiger partial charge in [0.1, 0.15) is 0 Å². The SMILES string of the molecule is CC(C)(N)CC(=O)Nc1c(Cl)cc(C(=O)O)cc1Cl. The highest BCUT2D eigenvalue weighted by Gasteiger charge is 2.19. The number of carbonyl (C=O) groups is 2. The summed E-state index contributed by atoms with van der Waals surface area (Å²) in [5.41, 5.74) is 5.20. The van der Waals surface area contributed by atoms with E-state index < -0.39 is 11.5 Å². The average molecular weight is 305 g/mol. The van der Waals surface area contributed by atoms with Crippen LogP contribution in [0.1, 0.15) is 30.6 Å². The monoisotopic (exact) mass is 304 g/mol. The number of nitrogens with two attached hydrogens (primary N) is 1. The van der Waals surface area contributed by atoms with Crippen LogP contribution in [0, 0.1) is 0 Å². The molecule has 0 saturated heterocycles. The number of carbonyl (C=O) groups excluding carboxylic acids is 1. The Morgan fingerprint density at radius 2 is 1.79 bits per heavy atom. The van der Waals surface area contributed by atoms with Crippen LogP contribution in [0.25, 0.3) is 0 Å². The van der Waals surface area contributed by atoms with Gasteiger partial charge >= 0.3 is 5.97 Å². The maximum Gasteiger partial charge on any atom is 0.335 e. The number of benzene rings is 1. The predicted molar refractivity (Wildman–Crippen MR) is 74.9 cm³/mol. The van der Waals surface area contributed by atoms with E-state index in [-0.39, 0.29) is 33.6 Å². The van der Waals surface area contributed by atoms with E-state index in [0.29, 0.717) is 0 Å². The summed E-state index contributed by atoms with van der Waals surface area (Å²) in [6.45, 7) is 3.42. The first kappa shape index (κ1) is 15.8. The molecule has 1 amide bonds. The molecule has 0 aliphatic carbocycles. The summed E-state index contributed by atoms with van der Waals surface area (Å²) in [6, 6.07) is 2.44. The fourth-order valence-corrected chi connectivity index (χ4v) is 2.00. The van der Waals surface area contributed by atoms with Crippen molar-refractivity contribution >= 4 is 40.8 Å². The van der Waals surface area contributed by atoms with E-state index in [0.717, 1.165) is 0 Å². The van der Waals surface area contributed by atoms with Crippen LogP contribution in [-0.4, -0.2) is 22.5 Å². The van der Waals surface area contributed by atoms with Gasteiger partial charge in [-0.25, -0.2) is 4.79 Å². The molecule has 7 heteroatoms. The third-order valence-electron chi connectivity index (χ3n) is 2.17. The summed E-state index contributed by atoms with van der Waals surface area (Å²) in [6.07, 6.45) is 0.0837. The van der Waals surface area contributed by atoms with Crippen LogP contribution in [0.15, 0.2) is 12.1 Å². The second-order valence-corrected chi connectivity index (χ2v) is 5.65. The number of carboxylic acid groups (broad SMARTS) is 1. The van der Waals surface area contributed by atoms with Gasteiger partial charge in [-0.05, 0) is 26.0 Å². The van der Waals surface area contributed by atoms with Gasteiger partial charge in [0.15, 0.2) is 0 Å². The molecule has 104 valence electrons. The van der Waals surface area contributed by atoms with Crippen molar-refractivity contribution in [2.75, 3.05) is 5.32 Å². The fraction of sp³-hybridized carbons (Fsp3) is 0.333. The zero-order chi connectivity index (χ0) is 14.8. The van der Waals surface area contributed by atoms with Crippen molar-refractivity contribution in [3.8, 4) is 0 Å². The summed E-state index contributed by atoms with van der Waals surface area (Å²) < 4.78 is 0. The van der Waals surface area contributed by atoms with Gasteiger partial charge in [0.2, 0.25) is 5.91 Å². The largest absolute Gasteiger partial charge is 0.478 e. The van der Waals surface area contributed by atoms with Crippen LogP contribution < -0.4 is 11.1 Å². The molecule has 1 aromatic carbocycles. The van der Waals surface area contributed by atoms with E-state index in [2.05, 4.69) is 5.32 Å². The lowest BCUT2D eigenvalue weighted by atomic mass is 10.0. The Morgan fingerprint density at radius 1 is 1.32 bits per heavy atom. The highest BCUT2D eigenvalue weighted by atomic mass is 35.5. The summed E-state index contributed by atoms with van der Waals surface area (Å²) in [5, 5.41) is 11.5. The second-order valence-electron chi connectivity index (χ2n) is 4.83. The Balaban J connectivity index is 2.97. The van der Waals surface area contributed by atoms with Gasteiger partial charge < -0.3 is 16.2 Å². The molecule has 0 atom stereocenters. The fourth-order valence-electron chi connectivity index (χ4n) is 1.41. The van der Waals surface area contributed by atoms with E-state index >= 15 is 0 Å². The number of carboxylic acids is 1. The molecule has 19 heavy (non-hydrogen) atoms. The van der Waals surface area contributed by atoms with Gasteiger partial charge in [-0.1, -0.05) is 23.2 Å². The maximum absolute atomic E-state index is 11.7. The quantitative estimate of drug-likeness (QED) is 0.797. The van der Waals surface area contributed by atoms with Gasteiger partial charge in [-0.15, -0.1) is 0 Å². The Morgan fingerprint density at radius 3 is 2.16 bits per heavy atom. The molecule has 1 aromatic rings. The van der Waals surface area contributed by atoms with Gasteiger partial charge in [0.25, 0.3) is 0 Å². The molecule has 0 aromatic heterocycles. The zero-order valence-corrected chi connectivity index (χ0v) is 12.0. The number of rotatable bonds is 4. The summed E-state index contributed by atoms with van der Waals surface area (Å²) in [4.78, 5) is 22.5. The minimum atomic E-state index is -1.15. The number of hydrogen-bond donors (Lipinski definition) is 3. The molecule has 1 rings (SSSR count). The van der Waals surface area contributed by atoms with Crippen LogP contribution in [0.4, 0.5) is 5.69 Å². The van der Waals surface area contributed by atoms with Gasteiger partial charge in [-0.2, -0.15) is 0 Å². The maximum atomic E-state index is 11.7. The topological polar surface area (TPSA) is 92.4 Å². The van der Waals surface area contributed by atoms with Crippen molar-refractivity contribution in [2.24, 2.45) is 5.73 Å². The van der Waals surface area contributed by atoms with Crippen molar-refractivity contribution in [1.29, 1.82) is 0 Å². The van der Waals surface area contributed by atoms with E-state index in [1.54, 1.807) is 13.8 Å².